The van der Waals surface area contributed by atoms with Crippen molar-refractivity contribution in [3.05, 3.63) is 29.3 Å². The first-order chi connectivity index (χ1) is 8.79. The molecule has 1 aromatic carbocycles. The standard InChI is InChI=1S/C15H20N2O2/c1-11-7-5-9-13(16)12(11)8-6-10-17-14(18)19-15(2,3)4/h5,7,9H,10,16H2,1-4H3,(H,17,18). The number of ether oxygens (including phenoxy) is 1. The Morgan fingerprint density at radius 3 is 2.68 bits per heavy atom. The molecule has 0 bridgehead atoms. The predicted octanol–water partition coefficient (Wildman–Crippen LogP) is 2.45. The fourth-order valence-corrected chi connectivity index (χ4v) is 1.42. The number of nitrogens with one attached hydrogen (secondary N) is 1. The first-order valence-corrected chi connectivity index (χ1v) is 6.10. The van der Waals surface area contributed by atoms with Gasteiger partial charge in [-0.15, -0.1) is 0 Å². The van der Waals surface area contributed by atoms with Gasteiger partial charge in [-0.25, -0.2) is 4.79 Å². The second-order valence-electron chi connectivity index (χ2n) is 5.20. The van der Waals surface area contributed by atoms with Crippen molar-refractivity contribution < 1.29 is 9.53 Å². The molecule has 102 valence electrons. The molecule has 0 radical (unpaired) electrons. The number of rotatable bonds is 1. The molecule has 0 aromatic heterocycles. The van der Waals surface area contributed by atoms with Crippen LogP contribution in [0.5, 0.6) is 0 Å². The minimum Gasteiger partial charge on any atom is -0.444 e. The van der Waals surface area contributed by atoms with E-state index in [2.05, 4.69) is 17.2 Å². The Hall–Kier alpha value is -2.15. The fraction of sp³-hybridized carbons (Fsp3) is 0.400. The molecule has 0 aliphatic heterocycles. The number of anilines is 1. The highest BCUT2D eigenvalue weighted by atomic mass is 16.6. The van der Waals surface area contributed by atoms with E-state index in [-0.39, 0.29) is 6.54 Å². The summed E-state index contributed by atoms with van der Waals surface area (Å²) in [6, 6.07) is 5.63. The molecule has 1 rings (SSSR count). The van der Waals surface area contributed by atoms with Crippen molar-refractivity contribution in [3.63, 3.8) is 0 Å². The van der Waals surface area contributed by atoms with E-state index in [1.165, 1.54) is 0 Å². The van der Waals surface area contributed by atoms with Gasteiger partial charge in [0.05, 0.1) is 12.1 Å². The third kappa shape index (κ3) is 5.35. The second-order valence-corrected chi connectivity index (χ2v) is 5.20. The highest BCUT2D eigenvalue weighted by Gasteiger charge is 2.14. The van der Waals surface area contributed by atoms with Gasteiger partial charge in [0.1, 0.15) is 5.60 Å². The van der Waals surface area contributed by atoms with Gasteiger partial charge in [0.2, 0.25) is 0 Å². The van der Waals surface area contributed by atoms with Crippen LogP contribution in [-0.4, -0.2) is 18.2 Å². The van der Waals surface area contributed by atoms with Crippen molar-refractivity contribution in [2.45, 2.75) is 33.3 Å². The highest BCUT2D eigenvalue weighted by molar-refractivity contribution is 5.68. The van der Waals surface area contributed by atoms with Gasteiger partial charge in [-0.3, -0.25) is 0 Å². The number of hydrogen-bond acceptors (Lipinski definition) is 3. The highest BCUT2D eigenvalue weighted by Crippen LogP contribution is 2.14. The first-order valence-electron chi connectivity index (χ1n) is 6.10. The summed E-state index contributed by atoms with van der Waals surface area (Å²) >= 11 is 0. The number of hydrogen-bond donors (Lipinski definition) is 2. The summed E-state index contributed by atoms with van der Waals surface area (Å²) in [6.45, 7) is 7.61. The lowest BCUT2D eigenvalue weighted by atomic mass is 10.1. The monoisotopic (exact) mass is 260 g/mol. The Bertz CT molecular complexity index is 499. The Labute approximate surface area is 114 Å². The molecule has 0 aliphatic rings. The van der Waals surface area contributed by atoms with E-state index in [1.54, 1.807) is 6.07 Å². The summed E-state index contributed by atoms with van der Waals surface area (Å²) in [5.41, 5.74) is 7.79. The lowest BCUT2D eigenvalue weighted by molar-refractivity contribution is 0.0535. The summed E-state index contributed by atoms with van der Waals surface area (Å²) in [6.07, 6.45) is -0.473. The smallest absolute Gasteiger partial charge is 0.408 e. The number of carbonyl (C=O) groups is 1. The number of nitrogen functional groups attached to an aromatic ring is 1. The lowest BCUT2D eigenvalue weighted by Gasteiger charge is -2.19. The van der Waals surface area contributed by atoms with Crippen molar-refractivity contribution in [3.8, 4) is 11.8 Å². The molecule has 0 saturated heterocycles. The Kier molecular flexibility index (Phi) is 4.82. The largest absolute Gasteiger partial charge is 0.444 e. The van der Waals surface area contributed by atoms with Crippen LogP contribution in [0.3, 0.4) is 0 Å². The van der Waals surface area contributed by atoms with E-state index < -0.39 is 11.7 Å². The molecule has 0 heterocycles. The van der Waals surface area contributed by atoms with Gasteiger partial charge in [0.15, 0.2) is 0 Å². The van der Waals surface area contributed by atoms with Crippen molar-refractivity contribution in [2.75, 3.05) is 12.3 Å². The van der Waals surface area contributed by atoms with E-state index in [0.717, 1.165) is 11.1 Å². The molecule has 0 aliphatic carbocycles. The first kappa shape index (κ1) is 14.9. The third-order valence-electron chi connectivity index (χ3n) is 2.24. The van der Waals surface area contributed by atoms with E-state index in [0.29, 0.717) is 5.69 Å². The molecule has 1 aromatic rings. The Morgan fingerprint density at radius 2 is 2.11 bits per heavy atom. The number of benzene rings is 1. The molecule has 0 saturated carbocycles. The number of aryl methyl sites for hydroxylation is 1. The fourth-order valence-electron chi connectivity index (χ4n) is 1.42. The number of nitrogens with two attached hydrogens (primary N) is 1. The second kappa shape index (κ2) is 6.14. The number of carbonyl (C=O) groups excluding carboxylic acids is 1. The Morgan fingerprint density at radius 1 is 1.42 bits per heavy atom. The van der Waals surface area contributed by atoms with E-state index in [4.69, 9.17) is 10.5 Å². The molecule has 0 unspecified atom stereocenters. The zero-order valence-electron chi connectivity index (χ0n) is 11.8. The SMILES string of the molecule is Cc1cccc(N)c1C#CCNC(=O)OC(C)(C)C. The molecule has 0 fully saturated rings. The summed E-state index contributed by atoms with van der Waals surface area (Å²) in [4.78, 5) is 11.4. The zero-order valence-corrected chi connectivity index (χ0v) is 11.8. The minimum atomic E-state index is -0.502. The van der Waals surface area contributed by atoms with Crippen molar-refractivity contribution in [1.29, 1.82) is 0 Å². The predicted molar refractivity (Wildman–Crippen MR) is 76.7 cm³/mol. The van der Waals surface area contributed by atoms with Crippen LogP contribution in [0.4, 0.5) is 10.5 Å². The van der Waals surface area contributed by atoms with Gasteiger partial charge in [-0.05, 0) is 39.3 Å². The van der Waals surface area contributed by atoms with Crippen molar-refractivity contribution >= 4 is 11.8 Å². The number of amides is 1. The molecule has 4 heteroatoms. The molecular weight excluding hydrogens is 240 g/mol. The van der Waals surface area contributed by atoms with Crippen LogP contribution in [0.25, 0.3) is 0 Å². The molecule has 0 spiro atoms. The maximum absolute atomic E-state index is 11.4. The van der Waals surface area contributed by atoms with Crippen molar-refractivity contribution in [2.24, 2.45) is 0 Å². The van der Waals surface area contributed by atoms with Crippen LogP contribution in [0.1, 0.15) is 31.9 Å². The maximum atomic E-state index is 11.4. The van der Waals surface area contributed by atoms with Crippen LogP contribution in [-0.2, 0) is 4.74 Å². The van der Waals surface area contributed by atoms with Gasteiger partial charge in [0, 0.05) is 5.69 Å². The Balaban J connectivity index is 2.55. The zero-order chi connectivity index (χ0) is 14.5. The topological polar surface area (TPSA) is 64.3 Å². The molecule has 4 nitrogen and oxygen atoms in total. The third-order valence-corrected chi connectivity index (χ3v) is 2.24. The average molecular weight is 260 g/mol. The quantitative estimate of drug-likeness (QED) is 0.602. The van der Waals surface area contributed by atoms with Crippen molar-refractivity contribution in [1.82, 2.24) is 5.32 Å². The van der Waals surface area contributed by atoms with Crippen LogP contribution in [0, 0.1) is 18.8 Å². The maximum Gasteiger partial charge on any atom is 0.408 e. The van der Waals surface area contributed by atoms with E-state index in [9.17, 15) is 4.79 Å². The van der Waals surface area contributed by atoms with Gasteiger partial charge >= 0.3 is 6.09 Å². The van der Waals surface area contributed by atoms with Crippen LogP contribution < -0.4 is 11.1 Å². The van der Waals surface area contributed by atoms with Gasteiger partial charge in [0.25, 0.3) is 0 Å². The minimum absolute atomic E-state index is 0.225. The van der Waals surface area contributed by atoms with Gasteiger partial charge < -0.3 is 15.8 Å². The average Bonchev–Trinajstić information content (AvgIpc) is 2.25. The summed E-state index contributed by atoms with van der Waals surface area (Å²) in [7, 11) is 0. The molecule has 19 heavy (non-hydrogen) atoms. The van der Waals surface area contributed by atoms with E-state index in [1.807, 2.05) is 39.8 Å². The van der Waals surface area contributed by atoms with Gasteiger partial charge in [-0.1, -0.05) is 24.0 Å². The van der Waals surface area contributed by atoms with Crippen LogP contribution in [0.2, 0.25) is 0 Å². The lowest BCUT2D eigenvalue weighted by Crippen LogP contribution is -2.32. The van der Waals surface area contributed by atoms with Crippen LogP contribution in [0.15, 0.2) is 18.2 Å². The molecule has 1 amide bonds. The summed E-state index contributed by atoms with van der Waals surface area (Å²) < 4.78 is 5.09. The normalized spacial score (nSPS) is 10.3. The summed E-state index contributed by atoms with van der Waals surface area (Å²) in [5.74, 6) is 5.81. The summed E-state index contributed by atoms with van der Waals surface area (Å²) in [5, 5.41) is 2.57. The molecule has 0 atom stereocenters. The molecular formula is C15H20N2O2. The van der Waals surface area contributed by atoms with Crippen LogP contribution >= 0.6 is 0 Å². The van der Waals surface area contributed by atoms with Gasteiger partial charge in [-0.2, -0.15) is 0 Å². The van der Waals surface area contributed by atoms with E-state index >= 15 is 0 Å². The number of alkyl carbamates (subject to hydrolysis) is 1. The molecule has 3 N–H and O–H groups in total.